The van der Waals surface area contributed by atoms with Gasteiger partial charge in [0.2, 0.25) is 0 Å². The summed E-state index contributed by atoms with van der Waals surface area (Å²) in [4.78, 5) is 0. The molecule has 0 bridgehead atoms. The number of alkyl halides is 3. The summed E-state index contributed by atoms with van der Waals surface area (Å²) in [6.07, 6.45) is 2.32. The van der Waals surface area contributed by atoms with Gasteiger partial charge >= 0.3 is 6.18 Å². The lowest BCUT2D eigenvalue weighted by molar-refractivity contribution is -0.0878. The Hall–Kier alpha value is -0.925. The standard InChI is InChI=1S/C10H14BF3/c1-8(10(12,13)14)6-4-3-5-7-9(2)11/h3-6,9H,1,7,11H2,2H3/b5-3-,6-4-. The Morgan fingerprint density at radius 2 is 2.00 bits per heavy atom. The predicted molar refractivity (Wildman–Crippen MR) is 56.1 cm³/mol. The van der Waals surface area contributed by atoms with E-state index in [1.807, 2.05) is 20.8 Å². The SMILES string of the molecule is BC(C)C/C=C\C=C/C(=C)C(F)(F)F. The number of allylic oxidation sites excluding steroid dienone is 5. The molecule has 0 saturated heterocycles. The van der Waals surface area contributed by atoms with Crippen molar-refractivity contribution in [1.82, 2.24) is 0 Å². The Bertz CT molecular complexity index is 236. The predicted octanol–water partition coefficient (Wildman–Crippen LogP) is 3.05. The summed E-state index contributed by atoms with van der Waals surface area (Å²) in [6.45, 7) is 4.96. The molecule has 0 saturated carbocycles. The Labute approximate surface area is 83.6 Å². The van der Waals surface area contributed by atoms with E-state index in [4.69, 9.17) is 0 Å². The van der Waals surface area contributed by atoms with Gasteiger partial charge in [0, 0.05) is 5.57 Å². The summed E-state index contributed by atoms with van der Waals surface area (Å²) < 4.78 is 35.7. The van der Waals surface area contributed by atoms with Crippen molar-refractivity contribution in [2.75, 3.05) is 0 Å². The van der Waals surface area contributed by atoms with Gasteiger partial charge in [0.25, 0.3) is 0 Å². The molecule has 0 radical (unpaired) electrons. The van der Waals surface area contributed by atoms with Crippen LogP contribution in [-0.2, 0) is 0 Å². The average molecular weight is 202 g/mol. The normalized spacial score (nSPS) is 15.1. The van der Waals surface area contributed by atoms with Gasteiger partial charge in [-0.15, -0.1) is 0 Å². The zero-order valence-electron chi connectivity index (χ0n) is 8.43. The summed E-state index contributed by atoms with van der Waals surface area (Å²) in [5, 5.41) is 0. The van der Waals surface area contributed by atoms with Crippen molar-refractivity contribution in [3.8, 4) is 0 Å². The van der Waals surface area contributed by atoms with Crippen molar-refractivity contribution in [1.29, 1.82) is 0 Å². The first-order valence-electron chi connectivity index (χ1n) is 4.43. The monoisotopic (exact) mass is 202 g/mol. The first kappa shape index (κ1) is 13.1. The number of rotatable bonds is 4. The molecule has 0 rings (SSSR count). The molecule has 0 N–H and O–H groups in total. The average Bonchev–Trinajstić information content (AvgIpc) is 2.01. The molecule has 0 heterocycles. The molecule has 0 aliphatic heterocycles. The quantitative estimate of drug-likeness (QED) is 0.485. The molecule has 1 atom stereocenters. The summed E-state index contributed by atoms with van der Waals surface area (Å²) in [5.41, 5.74) is -0.827. The van der Waals surface area contributed by atoms with Crippen LogP contribution in [-0.4, -0.2) is 14.0 Å². The molecule has 0 fully saturated rings. The van der Waals surface area contributed by atoms with Crippen LogP contribution in [0.25, 0.3) is 0 Å². The summed E-state index contributed by atoms with van der Waals surface area (Å²) in [5.74, 6) is 0.519. The van der Waals surface area contributed by atoms with Gasteiger partial charge in [0.05, 0.1) is 0 Å². The van der Waals surface area contributed by atoms with Gasteiger partial charge in [-0.25, -0.2) is 0 Å². The van der Waals surface area contributed by atoms with Crippen molar-refractivity contribution in [2.24, 2.45) is 0 Å². The minimum Gasteiger partial charge on any atom is -0.166 e. The van der Waals surface area contributed by atoms with Crippen molar-refractivity contribution in [2.45, 2.75) is 25.3 Å². The van der Waals surface area contributed by atoms with E-state index in [-0.39, 0.29) is 0 Å². The summed E-state index contributed by atoms with van der Waals surface area (Å²) in [7, 11) is 2.04. The van der Waals surface area contributed by atoms with Gasteiger partial charge in [0.15, 0.2) is 0 Å². The Kier molecular flexibility index (Phi) is 5.35. The van der Waals surface area contributed by atoms with Gasteiger partial charge in [-0.1, -0.05) is 43.6 Å². The molecule has 0 nitrogen and oxygen atoms in total. The minimum absolute atomic E-state index is 0.519. The molecule has 0 spiro atoms. The van der Waals surface area contributed by atoms with Crippen molar-refractivity contribution >= 4 is 7.85 Å². The largest absolute Gasteiger partial charge is 0.415 e. The highest BCUT2D eigenvalue weighted by Crippen LogP contribution is 2.24. The maximum absolute atomic E-state index is 11.9. The molecule has 78 valence electrons. The van der Waals surface area contributed by atoms with Crippen LogP contribution in [0.5, 0.6) is 0 Å². The second-order valence-electron chi connectivity index (χ2n) is 3.44. The van der Waals surface area contributed by atoms with Gasteiger partial charge in [0.1, 0.15) is 7.85 Å². The molecule has 4 heteroatoms. The maximum Gasteiger partial charge on any atom is 0.415 e. The molecule has 0 aliphatic rings. The molecular formula is C10H14BF3. The summed E-state index contributed by atoms with van der Waals surface area (Å²) >= 11 is 0. The van der Waals surface area contributed by atoms with E-state index in [2.05, 4.69) is 6.58 Å². The highest BCUT2D eigenvalue weighted by atomic mass is 19.4. The first-order chi connectivity index (χ1) is 6.34. The zero-order chi connectivity index (χ0) is 11.2. The van der Waals surface area contributed by atoms with Crippen molar-refractivity contribution < 1.29 is 13.2 Å². The Morgan fingerprint density at radius 3 is 2.43 bits per heavy atom. The molecule has 0 aromatic heterocycles. The van der Waals surface area contributed by atoms with E-state index in [9.17, 15) is 13.2 Å². The lowest BCUT2D eigenvalue weighted by Crippen LogP contribution is -2.08. The van der Waals surface area contributed by atoms with Crippen LogP contribution in [0.15, 0.2) is 36.5 Å². The van der Waals surface area contributed by atoms with Gasteiger partial charge in [-0.05, 0) is 6.42 Å². The van der Waals surface area contributed by atoms with Crippen LogP contribution >= 0.6 is 0 Å². The van der Waals surface area contributed by atoms with Crippen molar-refractivity contribution in [3.63, 3.8) is 0 Å². The van der Waals surface area contributed by atoms with Gasteiger partial charge in [-0.2, -0.15) is 13.2 Å². The molecule has 0 aromatic carbocycles. The second kappa shape index (κ2) is 5.73. The van der Waals surface area contributed by atoms with E-state index >= 15 is 0 Å². The minimum atomic E-state index is -4.32. The lowest BCUT2D eigenvalue weighted by atomic mass is 9.87. The fourth-order valence-corrected chi connectivity index (χ4v) is 0.696. The second-order valence-corrected chi connectivity index (χ2v) is 3.44. The van der Waals surface area contributed by atoms with E-state index in [1.165, 1.54) is 6.08 Å². The third kappa shape index (κ3) is 6.58. The molecule has 0 aliphatic carbocycles. The molecule has 14 heavy (non-hydrogen) atoms. The number of halogens is 3. The van der Waals surface area contributed by atoms with E-state index < -0.39 is 11.7 Å². The van der Waals surface area contributed by atoms with Gasteiger partial charge in [-0.3, -0.25) is 0 Å². The van der Waals surface area contributed by atoms with Crippen molar-refractivity contribution in [3.05, 3.63) is 36.5 Å². The smallest absolute Gasteiger partial charge is 0.166 e. The van der Waals surface area contributed by atoms with Crippen LogP contribution in [0.1, 0.15) is 13.3 Å². The third-order valence-electron chi connectivity index (χ3n) is 1.52. The van der Waals surface area contributed by atoms with Gasteiger partial charge < -0.3 is 0 Å². The Morgan fingerprint density at radius 1 is 1.43 bits per heavy atom. The van der Waals surface area contributed by atoms with Crippen LogP contribution in [0.2, 0.25) is 5.82 Å². The highest BCUT2D eigenvalue weighted by molar-refractivity contribution is 6.11. The first-order valence-corrected chi connectivity index (χ1v) is 4.43. The molecule has 1 unspecified atom stereocenters. The highest BCUT2D eigenvalue weighted by Gasteiger charge is 2.29. The molecule has 0 amide bonds. The topological polar surface area (TPSA) is 0 Å². The van der Waals surface area contributed by atoms with E-state index in [0.29, 0.717) is 5.82 Å². The summed E-state index contributed by atoms with van der Waals surface area (Å²) in [6, 6.07) is 0. The van der Waals surface area contributed by atoms with Crippen LogP contribution < -0.4 is 0 Å². The fourth-order valence-electron chi connectivity index (χ4n) is 0.696. The van der Waals surface area contributed by atoms with E-state index in [1.54, 1.807) is 6.08 Å². The Balaban J connectivity index is 3.96. The van der Waals surface area contributed by atoms with Crippen LogP contribution in [0, 0.1) is 0 Å². The third-order valence-corrected chi connectivity index (χ3v) is 1.52. The van der Waals surface area contributed by atoms with Crippen LogP contribution in [0.4, 0.5) is 13.2 Å². The maximum atomic E-state index is 11.9. The van der Waals surface area contributed by atoms with Crippen LogP contribution in [0.3, 0.4) is 0 Å². The number of hydrogen-bond acceptors (Lipinski definition) is 0. The zero-order valence-corrected chi connectivity index (χ0v) is 8.43. The molecular weight excluding hydrogens is 188 g/mol. The number of hydrogen-bond donors (Lipinski definition) is 0. The fraction of sp³-hybridized carbons (Fsp3) is 0.400. The van der Waals surface area contributed by atoms with E-state index in [0.717, 1.165) is 12.5 Å². The lowest BCUT2D eigenvalue weighted by Gasteiger charge is -2.03. The molecule has 0 aromatic rings.